The lowest BCUT2D eigenvalue weighted by Gasteiger charge is -2.21. The van der Waals surface area contributed by atoms with Gasteiger partial charge in [-0.1, -0.05) is 36.7 Å². The van der Waals surface area contributed by atoms with Gasteiger partial charge in [-0.25, -0.2) is 4.39 Å². The monoisotopic (exact) mass is 307 g/mol. The van der Waals surface area contributed by atoms with Crippen LogP contribution in [0.4, 0.5) is 4.39 Å². The van der Waals surface area contributed by atoms with Crippen LogP contribution in [0.2, 0.25) is 5.02 Å². The fourth-order valence-corrected chi connectivity index (χ4v) is 2.53. The van der Waals surface area contributed by atoms with Crippen LogP contribution in [0, 0.1) is 5.82 Å². The summed E-state index contributed by atoms with van der Waals surface area (Å²) in [5.74, 6) is 0.456. The molecule has 0 aliphatic rings. The third kappa shape index (κ3) is 3.96. The Hall–Kier alpha value is -1.58. The maximum Gasteiger partial charge on any atom is 0.124 e. The molecule has 0 amide bonds. The van der Waals surface area contributed by atoms with Gasteiger partial charge in [0.15, 0.2) is 0 Å². The van der Waals surface area contributed by atoms with Crippen molar-refractivity contribution in [1.82, 2.24) is 5.32 Å². The van der Waals surface area contributed by atoms with Gasteiger partial charge in [-0.15, -0.1) is 0 Å². The summed E-state index contributed by atoms with van der Waals surface area (Å²) in [6.45, 7) is 2.94. The second-order valence-corrected chi connectivity index (χ2v) is 5.24. The van der Waals surface area contributed by atoms with E-state index in [0.717, 1.165) is 29.8 Å². The first-order valence-corrected chi connectivity index (χ1v) is 7.35. The van der Waals surface area contributed by atoms with Crippen molar-refractivity contribution in [2.45, 2.75) is 19.4 Å². The summed E-state index contributed by atoms with van der Waals surface area (Å²) < 4.78 is 18.5. The van der Waals surface area contributed by atoms with E-state index in [0.29, 0.717) is 5.02 Å². The van der Waals surface area contributed by atoms with Gasteiger partial charge < -0.3 is 10.1 Å². The maximum atomic E-state index is 13.3. The van der Waals surface area contributed by atoms with E-state index < -0.39 is 0 Å². The van der Waals surface area contributed by atoms with Crippen molar-refractivity contribution in [3.8, 4) is 5.75 Å². The number of hydrogen-bond acceptors (Lipinski definition) is 2. The topological polar surface area (TPSA) is 21.3 Å². The number of halogens is 2. The Balaban J connectivity index is 2.41. The summed E-state index contributed by atoms with van der Waals surface area (Å²) in [6.07, 6.45) is 0.999. The van der Waals surface area contributed by atoms with Crippen LogP contribution >= 0.6 is 11.6 Å². The molecule has 0 spiro atoms. The minimum Gasteiger partial charge on any atom is -0.497 e. The lowest BCUT2D eigenvalue weighted by Crippen LogP contribution is -2.23. The van der Waals surface area contributed by atoms with Crippen LogP contribution in [0.25, 0.3) is 0 Å². The molecule has 0 saturated heterocycles. The van der Waals surface area contributed by atoms with Crippen molar-refractivity contribution in [1.29, 1.82) is 0 Å². The Labute approximate surface area is 129 Å². The molecule has 0 aromatic heterocycles. The molecule has 0 aliphatic carbocycles. The lowest BCUT2D eigenvalue weighted by atomic mass is 9.98. The molecule has 0 aliphatic heterocycles. The standard InChI is InChI=1S/C17H19ClFNO/c1-3-9-20-17(12-5-4-6-14(10-12)21-2)15-8-7-13(19)11-16(15)18/h4-8,10-11,17,20H,3,9H2,1-2H3. The van der Waals surface area contributed by atoms with Gasteiger partial charge in [0.05, 0.1) is 13.2 Å². The number of ether oxygens (including phenoxy) is 1. The largest absolute Gasteiger partial charge is 0.497 e. The van der Waals surface area contributed by atoms with Crippen LogP contribution in [-0.2, 0) is 0 Å². The minimum atomic E-state index is -0.330. The van der Waals surface area contributed by atoms with Gasteiger partial charge in [0, 0.05) is 5.02 Å². The number of benzene rings is 2. The summed E-state index contributed by atoms with van der Waals surface area (Å²) in [5, 5.41) is 3.87. The summed E-state index contributed by atoms with van der Waals surface area (Å²) in [6, 6.07) is 12.2. The molecule has 0 fully saturated rings. The second-order valence-electron chi connectivity index (χ2n) is 4.83. The molecular weight excluding hydrogens is 289 g/mol. The summed E-state index contributed by atoms with van der Waals surface area (Å²) in [5.41, 5.74) is 1.90. The molecule has 2 aromatic carbocycles. The van der Waals surface area contributed by atoms with E-state index in [2.05, 4.69) is 12.2 Å². The molecule has 21 heavy (non-hydrogen) atoms. The molecule has 1 unspecified atom stereocenters. The molecule has 0 bridgehead atoms. The Kier molecular flexibility index (Phi) is 5.59. The van der Waals surface area contributed by atoms with Gasteiger partial charge in [0.1, 0.15) is 11.6 Å². The molecule has 0 heterocycles. The first-order valence-electron chi connectivity index (χ1n) is 6.98. The van der Waals surface area contributed by atoms with Crippen LogP contribution < -0.4 is 10.1 Å². The van der Waals surface area contributed by atoms with Crippen molar-refractivity contribution in [3.05, 3.63) is 64.4 Å². The van der Waals surface area contributed by atoms with Gasteiger partial charge in [-0.3, -0.25) is 0 Å². The quantitative estimate of drug-likeness (QED) is 0.843. The average Bonchev–Trinajstić information content (AvgIpc) is 2.49. The minimum absolute atomic E-state index is 0.0897. The van der Waals surface area contributed by atoms with Gasteiger partial charge >= 0.3 is 0 Å². The predicted octanol–water partition coefficient (Wildman–Crippen LogP) is 4.58. The van der Waals surface area contributed by atoms with Gasteiger partial charge in [-0.05, 0) is 48.4 Å². The van der Waals surface area contributed by atoms with Crippen LogP contribution in [0.15, 0.2) is 42.5 Å². The highest BCUT2D eigenvalue weighted by atomic mass is 35.5. The molecule has 112 valence electrons. The fraction of sp³-hybridized carbons (Fsp3) is 0.294. The molecule has 0 saturated carbocycles. The molecule has 0 radical (unpaired) electrons. The Morgan fingerprint density at radius 3 is 2.71 bits per heavy atom. The number of methoxy groups -OCH3 is 1. The highest BCUT2D eigenvalue weighted by Gasteiger charge is 2.17. The first-order chi connectivity index (χ1) is 10.2. The predicted molar refractivity (Wildman–Crippen MR) is 84.5 cm³/mol. The molecule has 2 nitrogen and oxygen atoms in total. The molecule has 4 heteroatoms. The molecule has 1 N–H and O–H groups in total. The van der Waals surface area contributed by atoms with E-state index >= 15 is 0 Å². The van der Waals surface area contributed by atoms with Gasteiger partial charge in [0.2, 0.25) is 0 Å². The van der Waals surface area contributed by atoms with E-state index in [1.807, 2.05) is 24.3 Å². The van der Waals surface area contributed by atoms with Crippen molar-refractivity contribution in [2.75, 3.05) is 13.7 Å². The smallest absolute Gasteiger partial charge is 0.124 e. The van der Waals surface area contributed by atoms with Crippen molar-refractivity contribution >= 4 is 11.6 Å². The molecule has 1 atom stereocenters. The average molecular weight is 308 g/mol. The summed E-state index contributed by atoms with van der Waals surface area (Å²) in [7, 11) is 1.64. The third-order valence-corrected chi connectivity index (χ3v) is 3.63. The van der Waals surface area contributed by atoms with Crippen LogP contribution in [0.3, 0.4) is 0 Å². The van der Waals surface area contributed by atoms with E-state index in [-0.39, 0.29) is 11.9 Å². The molecule has 2 aromatic rings. The normalized spacial score (nSPS) is 12.2. The first kappa shape index (κ1) is 15.8. The van der Waals surface area contributed by atoms with Crippen LogP contribution in [0.5, 0.6) is 5.75 Å². The van der Waals surface area contributed by atoms with Crippen LogP contribution in [-0.4, -0.2) is 13.7 Å². The van der Waals surface area contributed by atoms with Crippen molar-refractivity contribution < 1.29 is 9.13 Å². The number of hydrogen-bond donors (Lipinski definition) is 1. The van der Waals surface area contributed by atoms with E-state index in [9.17, 15) is 4.39 Å². The zero-order chi connectivity index (χ0) is 15.2. The van der Waals surface area contributed by atoms with Crippen molar-refractivity contribution in [2.24, 2.45) is 0 Å². The lowest BCUT2D eigenvalue weighted by molar-refractivity contribution is 0.413. The van der Waals surface area contributed by atoms with Crippen molar-refractivity contribution in [3.63, 3.8) is 0 Å². The third-order valence-electron chi connectivity index (χ3n) is 3.30. The number of rotatable bonds is 6. The summed E-state index contributed by atoms with van der Waals surface area (Å²) >= 11 is 6.22. The second kappa shape index (κ2) is 7.43. The highest BCUT2D eigenvalue weighted by molar-refractivity contribution is 6.31. The Morgan fingerprint density at radius 2 is 2.05 bits per heavy atom. The molecular formula is C17H19ClFNO. The molecule has 2 rings (SSSR count). The SMILES string of the molecule is CCCNC(c1cccc(OC)c1)c1ccc(F)cc1Cl. The van der Waals surface area contributed by atoms with Gasteiger partial charge in [0.25, 0.3) is 0 Å². The highest BCUT2D eigenvalue weighted by Crippen LogP contribution is 2.30. The van der Waals surface area contributed by atoms with Gasteiger partial charge in [-0.2, -0.15) is 0 Å². The zero-order valence-corrected chi connectivity index (χ0v) is 13.0. The Bertz CT molecular complexity index is 603. The maximum absolute atomic E-state index is 13.3. The Morgan fingerprint density at radius 1 is 1.24 bits per heavy atom. The summed E-state index contributed by atoms with van der Waals surface area (Å²) in [4.78, 5) is 0. The van der Waals surface area contributed by atoms with E-state index in [1.165, 1.54) is 12.1 Å². The van der Waals surface area contributed by atoms with Crippen LogP contribution in [0.1, 0.15) is 30.5 Å². The van der Waals surface area contributed by atoms with E-state index in [1.54, 1.807) is 13.2 Å². The fourth-order valence-electron chi connectivity index (χ4n) is 2.25. The number of nitrogens with one attached hydrogen (secondary N) is 1. The van der Waals surface area contributed by atoms with E-state index in [4.69, 9.17) is 16.3 Å². The zero-order valence-electron chi connectivity index (χ0n) is 12.2.